The van der Waals surface area contributed by atoms with Crippen molar-refractivity contribution in [2.24, 2.45) is 5.92 Å². The zero-order valence-electron chi connectivity index (χ0n) is 30.3. The van der Waals surface area contributed by atoms with E-state index in [2.05, 4.69) is 53.5 Å². The molecule has 272 valence electrons. The Bertz CT molecular complexity index is 1470. The van der Waals surface area contributed by atoms with Gasteiger partial charge in [-0.05, 0) is 67.8 Å². The number of hydrogen-bond acceptors (Lipinski definition) is 5. The lowest BCUT2D eigenvalue weighted by Gasteiger charge is -2.38. The monoisotopic (exact) mass is 692 g/mol. The molecular formula is C43H56N4O4. The summed E-state index contributed by atoms with van der Waals surface area (Å²) in [7, 11) is 0. The van der Waals surface area contributed by atoms with Gasteiger partial charge in [-0.3, -0.25) is 14.4 Å². The van der Waals surface area contributed by atoms with Crippen molar-refractivity contribution >= 4 is 17.7 Å². The molecule has 3 amide bonds. The molecule has 0 aliphatic carbocycles. The molecular weight excluding hydrogens is 636 g/mol. The topological polar surface area (TPSA) is 93.2 Å². The summed E-state index contributed by atoms with van der Waals surface area (Å²) in [6.45, 7) is 6.69. The lowest BCUT2D eigenvalue weighted by Crippen LogP contribution is -2.54. The van der Waals surface area contributed by atoms with E-state index in [9.17, 15) is 19.5 Å². The smallest absolute Gasteiger partial charge is 0.246 e. The highest BCUT2D eigenvalue weighted by Gasteiger charge is 2.47. The summed E-state index contributed by atoms with van der Waals surface area (Å²) in [6.07, 6.45) is 8.06. The van der Waals surface area contributed by atoms with Gasteiger partial charge in [0.2, 0.25) is 17.7 Å². The average Bonchev–Trinajstić information content (AvgIpc) is 3.83. The van der Waals surface area contributed by atoms with Crippen molar-refractivity contribution in [1.82, 2.24) is 20.0 Å². The Balaban J connectivity index is 1.16. The summed E-state index contributed by atoms with van der Waals surface area (Å²) < 4.78 is 0. The van der Waals surface area contributed by atoms with E-state index in [-0.39, 0.29) is 37.1 Å². The number of β-amino-alcohol motifs (C(OH)–C–C–N with tert-alkyl or cyclic N) is 1. The second kappa shape index (κ2) is 17.5. The quantitative estimate of drug-likeness (QED) is 0.165. The molecule has 0 unspecified atom stereocenters. The van der Waals surface area contributed by atoms with Gasteiger partial charge in [0.15, 0.2) is 0 Å². The summed E-state index contributed by atoms with van der Waals surface area (Å²) in [5, 5.41) is 14.1. The maximum Gasteiger partial charge on any atom is 0.246 e. The van der Waals surface area contributed by atoms with Gasteiger partial charge in [0.1, 0.15) is 12.1 Å². The fourth-order valence-electron chi connectivity index (χ4n) is 8.77. The van der Waals surface area contributed by atoms with Crippen LogP contribution in [0.25, 0.3) is 0 Å². The molecule has 0 radical (unpaired) electrons. The van der Waals surface area contributed by atoms with E-state index in [0.717, 1.165) is 55.6 Å². The fourth-order valence-corrected chi connectivity index (χ4v) is 8.77. The minimum absolute atomic E-state index is 0.0858. The Morgan fingerprint density at radius 3 is 1.96 bits per heavy atom. The number of piperidine rings is 1. The van der Waals surface area contributed by atoms with E-state index in [1.165, 1.54) is 25.7 Å². The third kappa shape index (κ3) is 8.56. The molecule has 4 atom stereocenters. The predicted molar refractivity (Wildman–Crippen MR) is 201 cm³/mol. The highest BCUT2D eigenvalue weighted by molar-refractivity contribution is 5.93. The number of hydrogen-bond donors (Lipinski definition) is 2. The number of carbonyl (C=O) groups is 3. The molecule has 0 bridgehead atoms. The first-order valence-electron chi connectivity index (χ1n) is 19.4. The SMILES string of the molecule is CCCCCCN1CCC[C@H](CNC(=O)[C@H]2CCCN2C(=O)[C@@H]2C[C@@H](O)CN2C(=O)CC(c2ccccc2)(c2ccccc2)c2ccccc2)C1. The van der Waals surface area contributed by atoms with Crippen molar-refractivity contribution in [2.45, 2.75) is 94.7 Å². The highest BCUT2D eigenvalue weighted by atomic mass is 16.3. The standard InChI is InChI=1S/C43H56N4O4/c1-2-3-4-14-25-45-26-15-17-33(31-45)30-44-41(50)38-24-16-27-46(38)42(51)39-28-37(48)32-47(39)40(49)29-43(34-18-8-5-9-19-34,35-20-10-6-11-21-35)36-22-12-7-13-23-36/h5-13,18-23,33,37-39,48H,2-4,14-17,24-32H2,1H3,(H,44,50)/t33-,37-,38-,39+/m1/s1. The van der Waals surface area contributed by atoms with Crippen LogP contribution in [0.2, 0.25) is 0 Å². The zero-order chi connectivity index (χ0) is 35.6. The van der Waals surface area contributed by atoms with Crippen LogP contribution in [0.4, 0.5) is 0 Å². The van der Waals surface area contributed by atoms with Gasteiger partial charge in [-0.1, -0.05) is 117 Å². The Kier molecular flexibility index (Phi) is 12.6. The van der Waals surface area contributed by atoms with Gasteiger partial charge in [0, 0.05) is 39.0 Å². The number of likely N-dealkylation sites (tertiary alicyclic amines) is 3. The molecule has 51 heavy (non-hydrogen) atoms. The number of rotatable bonds is 14. The van der Waals surface area contributed by atoms with Crippen LogP contribution in [-0.4, -0.2) is 95.0 Å². The van der Waals surface area contributed by atoms with Gasteiger partial charge >= 0.3 is 0 Å². The normalized spacial score (nSPS) is 22.6. The van der Waals surface area contributed by atoms with Crippen molar-refractivity contribution in [3.8, 4) is 0 Å². The van der Waals surface area contributed by atoms with Crippen LogP contribution in [-0.2, 0) is 19.8 Å². The van der Waals surface area contributed by atoms with Gasteiger partial charge < -0.3 is 25.1 Å². The maximum absolute atomic E-state index is 14.6. The third-order valence-electron chi connectivity index (χ3n) is 11.4. The Morgan fingerprint density at radius 1 is 0.745 bits per heavy atom. The summed E-state index contributed by atoms with van der Waals surface area (Å²) >= 11 is 0. The zero-order valence-corrected chi connectivity index (χ0v) is 30.3. The summed E-state index contributed by atoms with van der Waals surface area (Å²) in [5.41, 5.74) is 2.12. The van der Waals surface area contributed by atoms with Crippen molar-refractivity contribution in [3.05, 3.63) is 108 Å². The molecule has 3 aromatic rings. The predicted octanol–water partition coefficient (Wildman–Crippen LogP) is 5.77. The minimum atomic E-state index is -0.819. The third-order valence-corrected chi connectivity index (χ3v) is 11.4. The molecule has 0 aromatic heterocycles. The molecule has 0 spiro atoms. The highest BCUT2D eigenvalue weighted by Crippen LogP contribution is 2.43. The largest absolute Gasteiger partial charge is 0.391 e. The first-order valence-corrected chi connectivity index (χ1v) is 19.4. The van der Waals surface area contributed by atoms with Crippen molar-refractivity contribution in [1.29, 1.82) is 0 Å². The number of unbranched alkanes of at least 4 members (excludes halogenated alkanes) is 3. The Morgan fingerprint density at radius 2 is 1.35 bits per heavy atom. The number of aliphatic hydroxyl groups is 1. The molecule has 3 aliphatic heterocycles. The van der Waals surface area contributed by atoms with Gasteiger partial charge in [0.05, 0.1) is 11.5 Å². The van der Waals surface area contributed by atoms with Gasteiger partial charge in [-0.25, -0.2) is 0 Å². The molecule has 2 N–H and O–H groups in total. The fraction of sp³-hybridized carbons (Fsp3) is 0.512. The van der Waals surface area contributed by atoms with Crippen LogP contribution in [0.3, 0.4) is 0 Å². The van der Waals surface area contributed by atoms with E-state index in [1.807, 2.05) is 54.6 Å². The van der Waals surface area contributed by atoms with Crippen molar-refractivity contribution in [3.63, 3.8) is 0 Å². The number of benzene rings is 3. The molecule has 6 rings (SSSR count). The Labute approximate surface area is 304 Å². The number of carbonyl (C=O) groups excluding carboxylic acids is 3. The second-order valence-electron chi connectivity index (χ2n) is 14.9. The number of aliphatic hydroxyl groups excluding tert-OH is 1. The molecule has 3 heterocycles. The molecule has 8 heteroatoms. The van der Waals surface area contributed by atoms with E-state index < -0.39 is 23.6 Å². The van der Waals surface area contributed by atoms with Crippen LogP contribution in [0.15, 0.2) is 91.0 Å². The summed E-state index contributed by atoms with van der Waals surface area (Å²) in [5.74, 6) is -0.123. The maximum atomic E-state index is 14.6. The molecule has 3 saturated heterocycles. The van der Waals surface area contributed by atoms with E-state index in [1.54, 1.807) is 9.80 Å². The van der Waals surface area contributed by atoms with Crippen LogP contribution in [0, 0.1) is 5.92 Å². The lowest BCUT2D eigenvalue weighted by molar-refractivity contribution is -0.146. The van der Waals surface area contributed by atoms with Gasteiger partial charge in [0.25, 0.3) is 0 Å². The first-order chi connectivity index (χ1) is 24.9. The molecule has 3 fully saturated rings. The average molecular weight is 693 g/mol. The molecule has 0 saturated carbocycles. The second-order valence-corrected chi connectivity index (χ2v) is 14.9. The van der Waals surface area contributed by atoms with Crippen LogP contribution < -0.4 is 5.32 Å². The van der Waals surface area contributed by atoms with E-state index in [4.69, 9.17) is 0 Å². The van der Waals surface area contributed by atoms with Crippen LogP contribution >= 0.6 is 0 Å². The lowest BCUT2D eigenvalue weighted by atomic mass is 9.67. The van der Waals surface area contributed by atoms with Crippen molar-refractivity contribution in [2.75, 3.05) is 39.3 Å². The minimum Gasteiger partial charge on any atom is -0.391 e. The molecule has 3 aliphatic rings. The Hall–Kier alpha value is -4.01. The van der Waals surface area contributed by atoms with Crippen LogP contribution in [0.1, 0.15) is 87.8 Å². The summed E-state index contributed by atoms with van der Waals surface area (Å²) in [6, 6.07) is 28.8. The van der Waals surface area contributed by atoms with E-state index >= 15 is 0 Å². The number of amides is 3. The molecule has 8 nitrogen and oxygen atoms in total. The number of nitrogens with one attached hydrogen (secondary N) is 1. The molecule has 3 aromatic carbocycles. The number of nitrogens with zero attached hydrogens (tertiary/aromatic N) is 3. The van der Waals surface area contributed by atoms with Gasteiger partial charge in [-0.15, -0.1) is 0 Å². The van der Waals surface area contributed by atoms with Gasteiger partial charge in [-0.2, -0.15) is 0 Å². The van der Waals surface area contributed by atoms with Crippen LogP contribution in [0.5, 0.6) is 0 Å². The first kappa shape index (κ1) is 36.8. The van der Waals surface area contributed by atoms with E-state index in [0.29, 0.717) is 25.4 Å². The summed E-state index contributed by atoms with van der Waals surface area (Å²) in [4.78, 5) is 48.4. The van der Waals surface area contributed by atoms with Crippen molar-refractivity contribution < 1.29 is 19.5 Å².